The third-order valence-electron chi connectivity index (χ3n) is 2.03. The second kappa shape index (κ2) is 5.35. The summed E-state index contributed by atoms with van der Waals surface area (Å²) in [5.41, 5.74) is 0. The van der Waals surface area contributed by atoms with Crippen LogP contribution in [0.25, 0.3) is 0 Å². The van der Waals surface area contributed by atoms with Gasteiger partial charge >= 0.3 is 0 Å². The highest BCUT2D eigenvalue weighted by molar-refractivity contribution is 7.11. The van der Waals surface area contributed by atoms with Crippen molar-refractivity contribution in [3.05, 3.63) is 16.1 Å². The van der Waals surface area contributed by atoms with Crippen LogP contribution in [0.5, 0.6) is 0 Å². The molecule has 0 saturated carbocycles. The van der Waals surface area contributed by atoms with Crippen molar-refractivity contribution in [2.24, 2.45) is 0 Å². The second-order valence-electron chi connectivity index (χ2n) is 3.03. The van der Waals surface area contributed by atoms with Crippen LogP contribution in [0.3, 0.4) is 0 Å². The molecule has 1 heterocycles. The minimum atomic E-state index is 0.204. The second-order valence-corrected chi connectivity index (χ2v) is 4.18. The molecule has 0 spiro atoms. The highest BCUT2D eigenvalue weighted by Gasteiger charge is 2.12. The van der Waals surface area contributed by atoms with Gasteiger partial charge in [-0.3, -0.25) is 0 Å². The third-order valence-corrected chi connectivity index (χ3v) is 3.26. The zero-order valence-electron chi connectivity index (χ0n) is 8.54. The summed E-state index contributed by atoms with van der Waals surface area (Å²) in [5, 5.41) is 1.13. The van der Waals surface area contributed by atoms with Gasteiger partial charge in [-0.15, -0.1) is 11.3 Å². The van der Waals surface area contributed by atoms with Crippen molar-refractivity contribution in [3.8, 4) is 0 Å². The highest BCUT2D eigenvalue weighted by Crippen LogP contribution is 2.26. The fourth-order valence-corrected chi connectivity index (χ4v) is 2.21. The van der Waals surface area contributed by atoms with E-state index in [0.717, 1.165) is 24.3 Å². The molecular formula is C10H17NOS. The minimum Gasteiger partial charge on any atom is -0.374 e. The Bertz CT molecular complexity index is 247. The van der Waals surface area contributed by atoms with E-state index < -0.39 is 0 Å². The molecule has 0 aromatic carbocycles. The van der Waals surface area contributed by atoms with Gasteiger partial charge in [0.15, 0.2) is 0 Å². The summed E-state index contributed by atoms with van der Waals surface area (Å²) in [5.74, 6) is 0. The van der Waals surface area contributed by atoms with Crippen LogP contribution in [0.4, 0.5) is 0 Å². The van der Waals surface area contributed by atoms with Gasteiger partial charge in [-0.25, -0.2) is 4.98 Å². The van der Waals surface area contributed by atoms with Gasteiger partial charge in [-0.1, -0.05) is 20.3 Å². The van der Waals surface area contributed by atoms with Crippen LogP contribution in [0, 0.1) is 0 Å². The van der Waals surface area contributed by atoms with Crippen molar-refractivity contribution in [2.45, 2.75) is 39.2 Å². The van der Waals surface area contributed by atoms with Crippen molar-refractivity contribution in [1.29, 1.82) is 0 Å². The maximum Gasteiger partial charge on any atom is 0.122 e. The van der Waals surface area contributed by atoms with Crippen molar-refractivity contribution in [1.82, 2.24) is 4.98 Å². The van der Waals surface area contributed by atoms with E-state index >= 15 is 0 Å². The predicted octanol–water partition coefficient (Wildman–Crippen LogP) is 3.19. The average molecular weight is 199 g/mol. The molecule has 1 rings (SSSR count). The van der Waals surface area contributed by atoms with E-state index in [4.69, 9.17) is 4.74 Å². The number of thiazole rings is 1. The molecule has 74 valence electrons. The molecule has 0 radical (unpaired) electrons. The van der Waals surface area contributed by atoms with Gasteiger partial charge in [0.05, 0.1) is 0 Å². The number of rotatable bonds is 5. The minimum absolute atomic E-state index is 0.204. The molecule has 2 nitrogen and oxygen atoms in total. The molecule has 0 amide bonds. The lowest BCUT2D eigenvalue weighted by Crippen LogP contribution is -1.99. The Labute approximate surface area is 84.0 Å². The molecule has 13 heavy (non-hydrogen) atoms. The Balaban J connectivity index is 2.67. The summed E-state index contributed by atoms with van der Waals surface area (Å²) < 4.78 is 5.38. The number of methoxy groups -OCH3 is 1. The largest absolute Gasteiger partial charge is 0.374 e. The van der Waals surface area contributed by atoms with Crippen molar-refractivity contribution in [2.75, 3.05) is 7.11 Å². The van der Waals surface area contributed by atoms with Gasteiger partial charge < -0.3 is 4.74 Å². The van der Waals surface area contributed by atoms with E-state index in [2.05, 4.69) is 18.8 Å². The topological polar surface area (TPSA) is 22.1 Å². The fourth-order valence-electron chi connectivity index (χ4n) is 1.24. The molecule has 3 heteroatoms. The number of hydrogen-bond donors (Lipinski definition) is 0. The Kier molecular flexibility index (Phi) is 4.39. The number of hydrogen-bond acceptors (Lipinski definition) is 3. The van der Waals surface area contributed by atoms with E-state index in [1.807, 2.05) is 6.20 Å². The van der Waals surface area contributed by atoms with Crippen LogP contribution >= 0.6 is 11.3 Å². The van der Waals surface area contributed by atoms with Gasteiger partial charge in [0, 0.05) is 18.2 Å². The molecule has 0 bridgehead atoms. The van der Waals surface area contributed by atoms with Crippen LogP contribution in [0.2, 0.25) is 0 Å². The number of ether oxygens (including phenoxy) is 1. The summed E-state index contributed by atoms with van der Waals surface area (Å²) in [4.78, 5) is 5.71. The molecule has 0 aliphatic heterocycles. The monoisotopic (exact) mass is 199 g/mol. The Morgan fingerprint density at radius 1 is 1.54 bits per heavy atom. The Hall–Kier alpha value is -0.410. The summed E-state index contributed by atoms with van der Waals surface area (Å²) in [6.45, 7) is 4.32. The summed E-state index contributed by atoms with van der Waals surface area (Å²) in [7, 11) is 1.76. The highest BCUT2D eigenvalue weighted by atomic mass is 32.1. The molecule has 0 aliphatic carbocycles. The molecule has 0 N–H and O–H groups in total. The van der Waals surface area contributed by atoms with E-state index in [-0.39, 0.29) is 6.10 Å². The molecule has 1 atom stereocenters. The van der Waals surface area contributed by atoms with Crippen LogP contribution < -0.4 is 0 Å². The first-order valence-corrected chi connectivity index (χ1v) is 5.60. The summed E-state index contributed by atoms with van der Waals surface area (Å²) in [6.07, 6.45) is 5.43. The fraction of sp³-hybridized carbons (Fsp3) is 0.700. The van der Waals surface area contributed by atoms with Crippen molar-refractivity contribution in [3.63, 3.8) is 0 Å². The van der Waals surface area contributed by atoms with Gasteiger partial charge in [0.2, 0.25) is 0 Å². The molecule has 1 aromatic rings. The maximum absolute atomic E-state index is 5.38. The number of nitrogens with zero attached hydrogens (tertiary/aromatic N) is 1. The normalized spacial score (nSPS) is 13.2. The van der Waals surface area contributed by atoms with Crippen LogP contribution in [0.15, 0.2) is 6.20 Å². The van der Waals surface area contributed by atoms with Gasteiger partial charge in [-0.2, -0.15) is 0 Å². The first kappa shape index (κ1) is 10.7. The smallest absolute Gasteiger partial charge is 0.122 e. The van der Waals surface area contributed by atoms with E-state index in [9.17, 15) is 0 Å². The zero-order chi connectivity index (χ0) is 9.68. The molecule has 0 saturated heterocycles. The van der Waals surface area contributed by atoms with Crippen molar-refractivity contribution < 1.29 is 4.74 Å². The summed E-state index contributed by atoms with van der Waals surface area (Å²) in [6, 6.07) is 0. The van der Waals surface area contributed by atoms with Crippen molar-refractivity contribution >= 4 is 11.3 Å². The lowest BCUT2D eigenvalue weighted by Gasteiger charge is -2.10. The SMILES string of the molecule is CCCC(OC)c1ncc(CC)s1. The lowest BCUT2D eigenvalue weighted by molar-refractivity contribution is 0.0947. The van der Waals surface area contributed by atoms with E-state index in [1.54, 1.807) is 18.4 Å². The quantitative estimate of drug-likeness (QED) is 0.726. The molecule has 0 aliphatic rings. The third kappa shape index (κ3) is 2.78. The molecule has 0 fully saturated rings. The zero-order valence-corrected chi connectivity index (χ0v) is 9.36. The standard InChI is InChI=1S/C10H17NOS/c1-4-6-9(12-3)10-11-7-8(5-2)13-10/h7,9H,4-6H2,1-3H3. The van der Waals surface area contributed by atoms with Gasteiger partial charge in [0.25, 0.3) is 0 Å². The summed E-state index contributed by atoms with van der Waals surface area (Å²) >= 11 is 1.77. The molecule has 1 aromatic heterocycles. The average Bonchev–Trinajstić information content (AvgIpc) is 2.62. The van der Waals surface area contributed by atoms with Crippen LogP contribution in [0.1, 0.15) is 42.7 Å². The molecule has 1 unspecified atom stereocenters. The maximum atomic E-state index is 5.38. The first-order valence-electron chi connectivity index (χ1n) is 4.79. The number of aromatic nitrogens is 1. The van der Waals surface area contributed by atoms with E-state index in [1.165, 1.54) is 4.88 Å². The predicted molar refractivity (Wildman–Crippen MR) is 56.2 cm³/mol. The van der Waals surface area contributed by atoms with Gasteiger partial charge in [0.1, 0.15) is 11.1 Å². The first-order chi connectivity index (χ1) is 6.31. The van der Waals surface area contributed by atoms with E-state index in [0.29, 0.717) is 0 Å². The van der Waals surface area contributed by atoms with Crippen LogP contribution in [-0.4, -0.2) is 12.1 Å². The van der Waals surface area contributed by atoms with Crippen LogP contribution in [-0.2, 0) is 11.2 Å². The lowest BCUT2D eigenvalue weighted by atomic mass is 10.2. The number of aryl methyl sites for hydroxylation is 1. The Morgan fingerprint density at radius 2 is 2.31 bits per heavy atom. The molecular weight excluding hydrogens is 182 g/mol. The van der Waals surface area contributed by atoms with Gasteiger partial charge in [-0.05, 0) is 12.8 Å². The Morgan fingerprint density at radius 3 is 2.77 bits per heavy atom.